The normalized spacial score (nSPS) is 17.3. The Morgan fingerprint density at radius 1 is 1.25 bits per heavy atom. The molecule has 1 aromatic heterocycles. The Morgan fingerprint density at radius 2 is 2.10 bits per heavy atom. The molecule has 1 aromatic carbocycles. The maximum atomic E-state index is 11.0. The maximum absolute atomic E-state index is 11.0. The molecule has 0 N–H and O–H groups in total. The van der Waals surface area contributed by atoms with Crippen LogP contribution in [0.15, 0.2) is 42.6 Å². The molecule has 0 saturated heterocycles. The van der Waals surface area contributed by atoms with Gasteiger partial charge in [-0.05, 0) is 52.4 Å². The van der Waals surface area contributed by atoms with Crippen LogP contribution in [0, 0.1) is 10.1 Å². The highest BCUT2D eigenvalue weighted by Crippen LogP contribution is 2.35. The zero-order valence-corrected chi connectivity index (χ0v) is 10.9. The fourth-order valence-corrected chi connectivity index (χ4v) is 2.60. The van der Waals surface area contributed by atoms with Gasteiger partial charge in [0.1, 0.15) is 12.3 Å². The minimum absolute atomic E-state index is 0.136. The lowest BCUT2D eigenvalue weighted by Crippen LogP contribution is -2.15. The molecular formula is C15H14N2O3. The second-order valence-electron chi connectivity index (χ2n) is 4.78. The van der Waals surface area contributed by atoms with Crippen LogP contribution in [0.1, 0.15) is 30.1 Å². The SMILES string of the molecule is O=[N+]([O-])c1ncccc1OC1CCCc2ccccc21. The van der Waals surface area contributed by atoms with E-state index in [0.29, 0.717) is 0 Å². The first-order valence-electron chi connectivity index (χ1n) is 6.59. The van der Waals surface area contributed by atoms with Gasteiger partial charge in [0, 0.05) is 0 Å². The summed E-state index contributed by atoms with van der Waals surface area (Å²) >= 11 is 0. The van der Waals surface area contributed by atoms with Gasteiger partial charge in [-0.15, -0.1) is 0 Å². The predicted octanol–water partition coefficient (Wildman–Crippen LogP) is 3.45. The molecule has 1 heterocycles. The van der Waals surface area contributed by atoms with Crippen LogP contribution in [0.5, 0.6) is 5.75 Å². The summed E-state index contributed by atoms with van der Waals surface area (Å²) in [5.74, 6) is 0.00903. The average Bonchev–Trinajstić information content (AvgIpc) is 2.48. The number of rotatable bonds is 3. The lowest BCUT2D eigenvalue weighted by atomic mass is 9.89. The molecule has 5 heteroatoms. The monoisotopic (exact) mass is 270 g/mol. The van der Waals surface area contributed by atoms with Crippen LogP contribution in [-0.4, -0.2) is 9.91 Å². The molecule has 0 aliphatic heterocycles. The summed E-state index contributed by atoms with van der Waals surface area (Å²) in [6, 6.07) is 11.3. The minimum atomic E-state index is -0.510. The van der Waals surface area contributed by atoms with Gasteiger partial charge in [-0.3, -0.25) is 0 Å². The molecule has 1 aliphatic rings. The quantitative estimate of drug-likeness (QED) is 0.633. The Morgan fingerprint density at radius 3 is 2.95 bits per heavy atom. The zero-order valence-electron chi connectivity index (χ0n) is 10.9. The van der Waals surface area contributed by atoms with Crippen molar-refractivity contribution < 1.29 is 9.66 Å². The molecule has 0 radical (unpaired) electrons. The van der Waals surface area contributed by atoms with Gasteiger partial charge in [-0.2, -0.15) is 0 Å². The lowest BCUT2D eigenvalue weighted by Gasteiger charge is -2.25. The molecular weight excluding hydrogens is 256 g/mol. The van der Waals surface area contributed by atoms with E-state index in [4.69, 9.17) is 4.74 Å². The Labute approximate surface area is 116 Å². The zero-order chi connectivity index (χ0) is 13.9. The van der Waals surface area contributed by atoms with E-state index in [1.54, 1.807) is 12.1 Å². The first-order chi connectivity index (χ1) is 9.75. The van der Waals surface area contributed by atoms with Gasteiger partial charge >= 0.3 is 5.82 Å². The Balaban J connectivity index is 1.92. The van der Waals surface area contributed by atoms with Crippen LogP contribution in [0.25, 0.3) is 0 Å². The highest BCUT2D eigenvalue weighted by molar-refractivity contribution is 5.40. The van der Waals surface area contributed by atoms with E-state index in [9.17, 15) is 10.1 Å². The largest absolute Gasteiger partial charge is 0.477 e. The number of pyridine rings is 1. The van der Waals surface area contributed by atoms with E-state index in [-0.39, 0.29) is 17.7 Å². The van der Waals surface area contributed by atoms with Crippen molar-refractivity contribution in [2.45, 2.75) is 25.4 Å². The summed E-state index contributed by atoms with van der Waals surface area (Å²) in [5.41, 5.74) is 2.38. The van der Waals surface area contributed by atoms with Gasteiger partial charge in [-0.1, -0.05) is 24.3 Å². The van der Waals surface area contributed by atoms with Gasteiger partial charge in [0.2, 0.25) is 5.75 Å². The van der Waals surface area contributed by atoms with Crippen molar-refractivity contribution in [3.63, 3.8) is 0 Å². The summed E-state index contributed by atoms with van der Waals surface area (Å²) in [6.07, 6.45) is 4.19. The van der Waals surface area contributed by atoms with E-state index in [0.717, 1.165) is 24.8 Å². The highest BCUT2D eigenvalue weighted by atomic mass is 16.6. The number of hydrogen-bond donors (Lipinski definition) is 0. The highest BCUT2D eigenvalue weighted by Gasteiger charge is 2.25. The number of hydrogen-bond acceptors (Lipinski definition) is 4. The molecule has 5 nitrogen and oxygen atoms in total. The number of aromatic nitrogens is 1. The molecule has 0 bridgehead atoms. The molecule has 0 fully saturated rings. The summed E-state index contributed by atoms with van der Waals surface area (Å²) in [4.78, 5) is 14.2. The number of nitro groups is 1. The number of aryl methyl sites for hydroxylation is 1. The fraction of sp³-hybridized carbons (Fsp3) is 0.267. The smallest absolute Gasteiger partial charge is 0.406 e. The molecule has 0 spiro atoms. The first-order valence-corrected chi connectivity index (χ1v) is 6.59. The third-order valence-electron chi connectivity index (χ3n) is 3.51. The standard InChI is InChI=1S/C15H14N2O3/c18-17(19)15-14(9-4-10-16-15)20-13-8-3-6-11-5-1-2-7-12(11)13/h1-2,4-5,7,9-10,13H,3,6,8H2. The maximum Gasteiger partial charge on any atom is 0.406 e. The van der Waals surface area contributed by atoms with E-state index in [1.807, 2.05) is 18.2 Å². The van der Waals surface area contributed by atoms with E-state index < -0.39 is 4.92 Å². The third kappa shape index (κ3) is 2.34. The van der Waals surface area contributed by atoms with Crippen LogP contribution in [-0.2, 0) is 6.42 Å². The third-order valence-corrected chi connectivity index (χ3v) is 3.51. The van der Waals surface area contributed by atoms with Crippen molar-refractivity contribution in [3.05, 3.63) is 63.8 Å². The Bertz CT molecular complexity index is 643. The van der Waals surface area contributed by atoms with Crippen LogP contribution in [0.2, 0.25) is 0 Å². The topological polar surface area (TPSA) is 65.3 Å². The predicted molar refractivity (Wildman–Crippen MR) is 73.6 cm³/mol. The van der Waals surface area contributed by atoms with Crippen LogP contribution < -0.4 is 4.74 Å². The first kappa shape index (κ1) is 12.6. The fourth-order valence-electron chi connectivity index (χ4n) is 2.60. The van der Waals surface area contributed by atoms with Crippen molar-refractivity contribution in [1.82, 2.24) is 4.98 Å². The minimum Gasteiger partial charge on any atom is -0.477 e. The number of fused-ring (bicyclic) bond motifs is 1. The van der Waals surface area contributed by atoms with Gasteiger partial charge in [0.15, 0.2) is 0 Å². The van der Waals surface area contributed by atoms with Crippen molar-refractivity contribution in [2.24, 2.45) is 0 Å². The van der Waals surface area contributed by atoms with E-state index in [2.05, 4.69) is 11.1 Å². The van der Waals surface area contributed by atoms with E-state index >= 15 is 0 Å². The number of nitrogens with zero attached hydrogens (tertiary/aromatic N) is 2. The molecule has 0 amide bonds. The molecule has 2 aromatic rings. The van der Waals surface area contributed by atoms with Gasteiger partial charge in [0.05, 0.1) is 0 Å². The number of ether oxygens (including phenoxy) is 1. The Hall–Kier alpha value is -2.43. The molecule has 0 saturated carbocycles. The van der Waals surface area contributed by atoms with Crippen molar-refractivity contribution in [1.29, 1.82) is 0 Å². The number of benzene rings is 1. The van der Waals surface area contributed by atoms with Gasteiger partial charge in [-0.25, -0.2) is 0 Å². The van der Waals surface area contributed by atoms with Gasteiger partial charge < -0.3 is 14.9 Å². The van der Waals surface area contributed by atoms with Crippen molar-refractivity contribution in [3.8, 4) is 5.75 Å². The lowest BCUT2D eigenvalue weighted by molar-refractivity contribution is -0.390. The molecule has 20 heavy (non-hydrogen) atoms. The summed E-state index contributed by atoms with van der Waals surface area (Å²) in [5, 5.41) is 11.0. The van der Waals surface area contributed by atoms with Gasteiger partial charge in [0.25, 0.3) is 0 Å². The molecule has 1 aliphatic carbocycles. The Kier molecular flexibility index (Phi) is 3.33. The second kappa shape index (κ2) is 5.28. The summed E-state index contributed by atoms with van der Waals surface area (Å²) in [6.45, 7) is 0. The van der Waals surface area contributed by atoms with Crippen LogP contribution in [0.3, 0.4) is 0 Å². The average molecular weight is 270 g/mol. The summed E-state index contributed by atoms with van der Waals surface area (Å²) in [7, 11) is 0. The van der Waals surface area contributed by atoms with E-state index in [1.165, 1.54) is 11.8 Å². The van der Waals surface area contributed by atoms with Crippen LogP contribution >= 0.6 is 0 Å². The van der Waals surface area contributed by atoms with Crippen LogP contribution in [0.4, 0.5) is 5.82 Å². The van der Waals surface area contributed by atoms with Crippen molar-refractivity contribution in [2.75, 3.05) is 0 Å². The molecule has 102 valence electrons. The molecule has 1 unspecified atom stereocenters. The van der Waals surface area contributed by atoms with Crippen molar-refractivity contribution >= 4 is 5.82 Å². The molecule has 1 atom stereocenters. The summed E-state index contributed by atoms with van der Waals surface area (Å²) < 4.78 is 5.87. The second-order valence-corrected chi connectivity index (χ2v) is 4.78. The molecule has 3 rings (SSSR count).